The summed E-state index contributed by atoms with van der Waals surface area (Å²) in [5.41, 5.74) is 0. The van der Waals surface area contributed by atoms with Gasteiger partial charge in [0.2, 0.25) is 0 Å². The van der Waals surface area contributed by atoms with Crippen LogP contribution in [0.25, 0.3) is 0 Å². The molecule has 10 heteroatoms. The quantitative estimate of drug-likeness (QED) is 0.287. The number of hydrogen-bond acceptors (Lipinski definition) is 9. The number of carbonyl (C=O) groups excluding carboxylic acids is 6. The van der Waals surface area contributed by atoms with Crippen LogP contribution in [0.3, 0.4) is 0 Å². The predicted octanol–water partition coefficient (Wildman–Crippen LogP) is 1.64. The van der Waals surface area contributed by atoms with Crippen LogP contribution in [0.1, 0.15) is 60.8 Å². The molecular weight excluding hydrogens is 435 g/mol. The maximum Gasteiger partial charge on any atom is 3.00 e. The van der Waals surface area contributed by atoms with E-state index in [1.54, 1.807) is 20.8 Å². The van der Waals surface area contributed by atoms with Crippen LogP contribution in [0.5, 0.6) is 0 Å². The van der Waals surface area contributed by atoms with Gasteiger partial charge in [-0.25, -0.2) is 0 Å². The van der Waals surface area contributed by atoms with Crippen LogP contribution < -0.4 is 0 Å². The molecule has 0 aromatic carbocycles. The van der Waals surface area contributed by atoms with Crippen LogP contribution in [0.15, 0.2) is 0 Å². The van der Waals surface area contributed by atoms with Crippen molar-refractivity contribution < 1.29 is 28.8 Å². The standard InChI is InChI=1S/3C6H10O2S.Al/c3*1-3-5(4(2)7)6(8)9;/h3*5H,3H2,1-2H3,(H,8,9);/q;;;+3/p-3. The summed E-state index contributed by atoms with van der Waals surface area (Å²) in [7, 11) is 0. The topological polar surface area (TPSA) is 102 Å². The Morgan fingerprint density at radius 3 is 0.679 bits per heavy atom. The molecule has 0 fully saturated rings. The van der Waals surface area contributed by atoms with E-state index < -0.39 is 33.1 Å². The van der Waals surface area contributed by atoms with E-state index in [0.717, 1.165) is 0 Å². The molecule has 0 aromatic rings. The van der Waals surface area contributed by atoms with E-state index in [2.05, 4.69) is 37.9 Å². The fourth-order valence-corrected chi connectivity index (χ4v) is 2.86. The molecule has 0 saturated heterocycles. The van der Waals surface area contributed by atoms with E-state index >= 15 is 0 Å². The van der Waals surface area contributed by atoms with Gasteiger partial charge in [-0.05, 0) is 40.0 Å². The molecule has 0 aromatic heterocycles. The molecule has 3 unspecified atom stereocenters. The Hall–Kier alpha value is -0.788. The van der Waals surface area contributed by atoms with Gasteiger partial charge in [-0.2, -0.15) is 0 Å². The summed E-state index contributed by atoms with van der Waals surface area (Å²) in [6, 6.07) is 0. The van der Waals surface area contributed by atoms with E-state index in [9.17, 15) is 28.8 Å². The van der Waals surface area contributed by atoms with E-state index in [1.165, 1.54) is 20.8 Å². The molecule has 28 heavy (non-hydrogen) atoms. The molecule has 0 spiro atoms. The summed E-state index contributed by atoms with van der Waals surface area (Å²) in [6.07, 6.45) is 1.58. The zero-order chi connectivity index (χ0) is 22.3. The average molecular weight is 463 g/mol. The van der Waals surface area contributed by atoms with Crippen LogP contribution in [0.4, 0.5) is 0 Å². The molecule has 6 nitrogen and oxygen atoms in total. The van der Waals surface area contributed by atoms with Crippen LogP contribution in [-0.2, 0) is 66.7 Å². The summed E-state index contributed by atoms with van der Waals surface area (Å²) in [5.74, 6) is -2.01. The first-order valence-electron chi connectivity index (χ1n) is 8.42. The zero-order valence-corrected chi connectivity index (χ0v) is 20.7. The Morgan fingerprint density at radius 2 is 0.679 bits per heavy atom. The van der Waals surface area contributed by atoms with Gasteiger partial charge < -0.3 is 52.3 Å². The first-order valence-corrected chi connectivity index (χ1v) is 9.64. The number of rotatable bonds is 9. The van der Waals surface area contributed by atoms with Crippen molar-refractivity contribution in [3.63, 3.8) is 0 Å². The fourth-order valence-electron chi connectivity index (χ4n) is 1.86. The summed E-state index contributed by atoms with van der Waals surface area (Å²) >= 11 is 12.9. The minimum absolute atomic E-state index is 0. The van der Waals surface area contributed by atoms with Gasteiger partial charge in [0.15, 0.2) is 0 Å². The largest absolute Gasteiger partial charge is 3.00 e. The van der Waals surface area contributed by atoms with Gasteiger partial charge in [-0.1, -0.05) is 20.8 Å². The number of carbonyl (C=O) groups is 6. The van der Waals surface area contributed by atoms with Gasteiger partial charge in [0.1, 0.15) is 17.3 Å². The van der Waals surface area contributed by atoms with Crippen LogP contribution in [-0.4, -0.2) is 50.1 Å². The van der Waals surface area contributed by atoms with Crippen molar-refractivity contribution in [2.24, 2.45) is 17.8 Å². The first-order chi connectivity index (χ1) is 12.3. The Morgan fingerprint density at radius 1 is 0.536 bits per heavy atom. The van der Waals surface area contributed by atoms with E-state index in [-0.39, 0.29) is 34.7 Å². The molecule has 0 radical (unpaired) electrons. The van der Waals surface area contributed by atoms with Crippen molar-refractivity contribution in [2.75, 3.05) is 0 Å². The number of ketones is 3. The second-order valence-electron chi connectivity index (χ2n) is 5.67. The molecule has 0 aliphatic carbocycles. The second-order valence-corrected chi connectivity index (χ2v) is 6.88. The minimum atomic E-state index is -0.542. The third kappa shape index (κ3) is 17.3. The second kappa shape index (κ2) is 19.5. The maximum atomic E-state index is 10.5. The third-order valence-corrected chi connectivity index (χ3v) is 4.40. The molecule has 156 valence electrons. The number of hydrogen-bond donors (Lipinski definition) is 0. The number of Topliss-reactive ketones (excluding diaryl/α,β-unsaturated/α-hetero) is 3. The third-order valence-electron chi connectivity index (χ3n) is 3.55. The Bertz CT molecular complexity index is 433. The molecule has 0 aliphatic heterocycles. The molecule has 0 N–H and O–H groups in total. The SMILES string of the molecule is CCC(C(C)=O)C(=O)[S-].CCC(C(C)=O)C(=O)[S-].CCC(C(C)=O)C(=O)[S-].[Al+3]. The van der Waals surface area contributed by atoms with E-state index in [4.69, 9.17) is 0 Å². The van der Waals surface area contributed by atoms with Crippen molar-refractivity contribution in [3.05, 3.63) is 0 Å². The molecule has 0 amide bonds. The van der Waals surface area contributed by atoms with E-state index in [0.29, 0.717) is 19.3 Å². The fraction of sp³-hybridized carbons (Fsp3) is 0.667. The molecule has 0 bridgehead atoms. The van der Waals surface area contributed by atoms with Crippen LogP contribution in [0.2, 0.25) is 0 Å². The molecule has 0 saturated carbocycles. The summed E-state index contributed by atoms with van der Waals surface area (Å²) < 4.78 is 0. The summed E-state index contributed by atoms with van der Waals surface area (Å²) in [5, 5.41) is -1.32. The summed E-state index contributed by atoms with van der Waals surface area (Å²) in [4.78, 5) is 62.8. The first kappa shape index (κ1) is 34.7. The average Bonchev–Trinajstić information content (AvgIpc) is 2.47. The van der Waals surface area contributed by atoms with Gasteiger partial charge in [-0.3, -0.25) is 14.4 Å². The smallest absolute Gasteiger partial charge is 0.741 e. The predicted molar refractivity (Wildman–Crippen MR) is 116 cm³/mol. The molecule has 0 rings (SSSR count). The Labute approximate surface area is 194 Å². The normalized spacial score (nSPS) is 12.2. The molecule has 0 aliphatic rings. The van der Waals surface area contributed by atoms with Crippen molar-refractivity contribution in [1.82, 2.24) is 0 Å². The Balaban J connectivity index is -0.000000152. The van der Waals surface area contributed by atoms with Gasteiger partial charge in [0.05, 0.1) is 17.8 Å². The van der Waals surface area contributed by atoms with E-state index in [1.807, 2.05) is 0 Å². The molecular formula is C18H27AlO6S3. The molecule has 3 atom stereocenters. The van der Waals surface area contributed by atoms with Crippen LogP contribution >= 0.6 is 0 Å². The van der Waals surface area contributed by atoms with Crippen molar-refractivity contribution in [1.29, 1.82) is 0 Å². The van der Waals surface area contributed by atoms with Crippen molar-refractivity contribution in [2.45, 2.75) is 60.8 Å². The van der Waals surface area contributed by atoms with Crippen molar-refractivity contribution in [3.8, 4) is 0 Å². The van der Waals surface area contributed by atoms with Gasteiger partial charge in [-0.15, -0.1) is 0 Å². The van der Waals surface area contributed by atoms with Crippen molar-refractivity contribution >= 4 is 87.9 Å². The maximum absolute atomic E-state index is 10.5. The summed E-state index contributed by atoms with van der Waals surface area (Å²) in [6.45, 7) is 9.48. The minimum Gasteiger partial charge on any atom is -0.741 e. The van der Waals surface area contributed by atoms with Gasteiger partial charge in [0, 0.05) is 15.3 Å². The zero-order valence-electron chi connectivity index (χ0n) is 17.1. The Kier molecular flexibility index (Phi) is 24.2. The monoisotopic (exact) mass is 462 g/mol. The molecule has 0 heterocycles. The van der Waals surface area contributed by atoms with Crippen LogP contribution in [0, 0.1) is 17.8 Å². The van der Waals surface area contributed by atoms with Gasteiger partial charge >= 0.3 is 17.4 Å². The van der Waals surface area contributed by atoms with Gasteiger partial charge in [0.25, 0.3) is 0 Å².